The molecule has 1 aliphatic heterocycles. The van der Waals surface area contributed by atoms with Gasteiger partial charge in [-0.3, -0.25) is 4.90 Å². The maximum Gasteiger partial charge on any atom is 0.169 e. The molecule has 0 N–H and O–H groups in total. The second-order valence-corrected chi connectivity index (χ2v) is 7.11. The van der Waals surface area contributed by atoms with E-state index in [0.717, 1.165) is 22.0 Å². The molecular weight excluding hydrogens is 313 g/mol. The number of likely N-dealkylation sites (tertiary alicyclic amines) is 1. The molecule has 0 spiro atoms. The Labute approximate surface area is 139 Å². The van der Waals surface area contributed by atoms with E-state index in [1.54, 1.807) is 29.7 Å². The quantitative estimate of drug-likeness (QED) is 0.842. The van der Waals surface area contributed by atoms with Crippen molar-refractivity contribution in [1.29, 1.82) is 5.26 Å². The zero-order valence-electron chi connectivity index (χ0n) is 13.2. The summed E-state index contributed by atoms with van der Waals surface area (Å²) in [6.07, 6.45) is 1.80. The Morgan fingerprint density at radius 3 is 2.83 bits per heavy atom. The number of thiazole rings is 1. The largest absolute Gasteiger partial charge is 0.490 e. The van der Waals surface area contributed by atoms with Gasteiger partial charge in [0.1, 0.15) is 17.4 Å². The van der Waals surface area contributed by atoms with Crippen LogP contribution >= 0.6 is 11.3 Å². The first-order valence-corrected chi connectivity index (χ1v) is 8.35. The highest BCUT2D eigenvalue weighted by atomic mass is 32.1. The molecule has 0 unspecified atom stereocenters. The fourth-order valence-electron chi connectivity index (χ4n) is 2.64. The van der Waals surface area contributed by atoms with Crippen LogP contribution in [0.25, 0.3) is 10.6 Å². The normalized spacial score (nSPS) is 16.6. The first-order chi connectivity index (χ1) is 11.0. The number of aryl methyl sites for hydroxylation is 1. The number of benzene rings is 1. The summed E-state index contributed by atoms with van der Waals surface area (Å²) in [5.74, 6) is 0.513. The third-order valence-electron chi connectivity index (χ3n) is 3.86. The lowest BCUT2D eigenvalue weighted by Crippen LogP contribution is -2.61. The summed E-state index contributed by atoms with van der Waals surface area (Å²) in [4.78, 5) is 7.46. The van der Waals surface area contributed by atoms with Crippen molar-refractivity contribution < 1.29 is 9.13 Å². The van der Waals surface area contributed by atoms with Gasteiger partial charge in [0.2, 0.25) is 0 Å². The lowest BCUT2D eigenvalue weighted by Gasteiger charge is -2.43. The van der Waals surface area contributed by atoms with Crippen molar-refractivity contribution in [3.05, 3.63) is 34.8 Å². The predicted molar refractivity (Wildman–Crippen MR) is 88.5 cm³/mol. The van der Waals surface area contributed by atoms with Gasteiger partial charge in [-0.25, -0.2) is 9.37 Å². The molecule has 1 saturated heterocycles. The molecule has 1 aliphatic rings. The van der Waals surface area contributed by atoms with Crippen LogP contribution in [0.4, 0.5) is 4.39 Å². The van der Waals surface area contributed by atoms with Crippen molar-refractivity contribution in [1.82, 2.24) is 9.88 Å². The second kappa shape index (κ2) is 6.26. The predicted octanol–water partition coefficient (Wildman–Crippen LogP) is 3.41. The lowest BCUT2D eigenvalue weighted by molar-refractivity contribution is -0.0573. The van der Waals surface area contributed by atoms with Crippen LogP contribution in [0, 0.1) is 18.3 Å². The third kappa shape index (κ3) is 3.52. The van der Waals surface area contributed by atoms with E-state index in [1.807, 2.05) is 24.8 Å². The van der Waals surface area contributed by atoms with Crippen LogP contribution in [0.1, 0.15) is 17.4 Å². The molecule has 0 amide bonds. The monoisotopic (exact) mass is 331 g/mol. The number of alkyl halides is 1. The van der Waals surface area contributed by atoms with Gasteiger partial charge in [-0.15, -0.1) is 11.3 Å². The maximum atomic E-state index is 14.4. The van der Waals surface area contributed by atoms with Crippen molar-refractivity contribution in [3.8, 4) is 22.4 Å². The molecule has 1 aromatic carbocycles. The molecular formula is C17H18FN3OS. The highest BCUT2D eigenvalue weighted by molar-refractivity contribution is 7.14. The Bertz CT molecular complexity index is 747. The Morgan fingerprint density at radius 1 is 1.43 bits per heavy atom. The molecule has 6 heteroatoms. The van der Waals surface area contributed by atoms with E-state index in [9.17, 15) is 9.65 Å². The minimum atomic E-state index is -1.30. The van der Waals surface area contributed by atoms with Gasteiger partial charge in [-0.2, -0.15) is 5.26 Å². The number of aromatic nitrogens is 1. The Morgan fingerprint density at radius 2 is 2.22 bits per heavy atom. The lowest BCUT2D eigenvalue weighted by atomic mass is 9.98. The van der Waals surface area contributed by atoms with E-state index < -0.39 is 5.67 Å². The number of nitrogens with zero attached hydrogens (tertiary/aromatic N) is 3. The summed E-state index contributed by atoms with van der Waals surface area (Å²) < 4.78 is 20.0. The fourth-order valence-corrected chi connectivity index (χ4v) is 3.39. The highest BCUT2D eigenvalue weighted by Crippen LogP contribution is 2.31. The van der Waals surface area contributed by atoms with Crippen molar-refractivity contribution in [2.24, 2.45) is 0 Å². The molecule has 0 atom stereocenters. The fraction of sp³-hybridized carbons (Fsp3) is 0.412. The maximum absolute atomic E-state index is 14.4. The van der Waals surface area contributed by atoms with Crippen molar-refractivity contribution in [2.75, 3.05) is 26.2 Å². The van der Waals surface area contributed by atoms with Crippen LogP contribution in [-0.4, -0.2) is 41.8 Å². The molecule has 1 fully saturated rings. The van der Waals surface area contributed by atoms with Crippen LogP contribution in [0.3, 0.4) is 0 Å². The first-order valence-electron chi connectivity index (χ1n) is 7.53. The smallest absolute Gasteiger partial charge is 0.169 e. The standard InChI is InChI=1S/C17H18FN3OS/c1-3-21-9-17(18,10-21)11-22-15-5-13(7-19)4-14(6-15)16-20-8-12(2)23-16/h4-6,8H,3,9-11H2,1-2H3. The van der Waals surface area contributed by atoms with Gasteiger partial charge in [0, 0.05) is 29.7 Å². The van der Waals surface area contributed by atoms with Gasteiger partial charge >= 0.3 is 0 Å². The van der Waals surface area contributed by atoms with Gasteiger partial charge in [-0.05, 0) is 31.7 Å². The van der Waals surface area contributed by atoms with E-state index in [4.69, 9.17) is 4.74 Å². The van der Waals surface area contributed by atoms with Gasteiger partial charge in [0.25, 0.3) is 0 Å². The molecule has 0 aliphatic carbocycles. The van der Waals surface area contributed by atoms with Gasteiger partial charge in [0.15, 0.2) is 5.67 Å². The first kappa shape index (κ1) is 15.9. The number of halogens is 1. The second-order valence-electron chi connectivity index (χ2n) is 5.88. The van der Waals surface area contributed by atoms with E-state index in [1.165, 1.54) is 0 Å². The van der Waals surface area contributed by atoms with Crippen molar-refractivity contribution in [2.45, 2.75) is 19.5 Å². The van der Waals surface area contributed by atoms with Crippen LogP contribution in [0.15, 0.2) is 24.4 Å². The molecule has 1 aromatic heterocycles. The molecule has 23 heavy (non-hydrogen) atoms. The molecule has 3 rings (SSSR count). The minimum Gasteiger partial charge on any atom is -0.490 e. The topological polar surface area (TPSA) is 49.1 Å². The van der Waals surface area contributed by atoms with Crippen LogP contribution in [-0.2, 0) is 0 Å². The van der Waals surface area contributed by atoms with Gasteiger partial charge in [-0.1, -0.05) is 6.92 Å². The third-order valence-corrected chi connectivity index (χ3v) is 4.82. The molecule has 4 nitrogen and oxygen atoms in total. The number of rotatable bonds is 5. The van der Waals surface area contributed by atoms with Gasteiger partial charge < -0.3 is 4.74 Å². The zero-order valence-corrected chi connectivity index (χ0v) is 14.0. The highest BCUT2D eigenvalue weighted by Gasteiger charge is 2.43. The van der Waals surface area contributed by atoms with E-state index >= 15 is 0 Å². The van der Waals surface area contributed by atoms with Gasteiger partial charge in [0.05, 0.1) is 11.6 Å². The number of hydrogen-bond acceptors (Lipinski definition) is 5. The molecule has 0 bridgehead atoms. The summed E-state index contributed by atoms with van der Waals surface area (Å²) >= 11 is 1.55. The summed E-state index contributed by atoms with van der Waals surface area (Å²) in [5, 5.41) is 10.0. The van der Waals surface area contributed by atoms with Crippen LogP contribution in [0.2, 0.25) is 0 Å². The summed E-state index contributed by atoms with van der Waals surface area (Å²) in [5.41, 5.74) is 0.0206. The average Bonchev–Trinajstić information content (AvgIpc) is 2.96. The Kier molecular flexibility index (Phi) is 4.33. The number of nitriles is 1. The summed E-state index contributed by atoms with van der Waals surface area (Å²) in [7, 11) is 0. The van der Waals surface area contributed by atoms with E-state index in [0.29, 0.717) is 24.4 Å². The molecule has 2 aromatic rings. The molecule has 0 radical (unpaired) electrons. The molecule has 120 valence electrons. The number of hydrogen-bond donors (Lipinski definition) is 0. The van der Waals surface area contributed by atoms with Crippen LogP contribution < -0.4 is 4.74 Å². The average molecular weight is 331 g/mol. The number of ether oxygens (including phenoxy) is 1. The minimum absolute atomic E-state index is 0.00865. The summed E-state index contributed by atoms with van der Waals surface area (Å²) in [6.45, 7) is 5.66. The zero-order chi connectivity index (χ0) is 16.4. The van der Waals surface area contributed by atoms with Crippen molar-refractivity contribution in [3.63, 3.8) is 0 Å². The molecule has 2 heterocycles. The Hall–Kier alpha value is -1.97. The van der Waals surface area contributed by atoms with E-state index in [-0.39, 0.29) is 6.61 Å². The summed E-state index contributed by atoms with van der Waals surface area (Å²) in [6, 6.07) is 7.36. The van der Waals surface area contributed by atoms with Crippen molar-refractivity contribution >= 4 is 11.3 Å². The Balaban J connectivity index is 1.76. The van der Waals surface area contributed by atoms with Crippen LogP contribution in [0.5, 0.6) is 5.75 Å². The molecule has 0 saturated carbocycles. The van der Waals surface area contributed by atoms with E-state index in [2.05, 4.69) is 11.1 Å². The SMILES string of the molecule is CCN1CC(F)(COc2cc(C#N)cc(-c3ncc(C)s3)c2)C1.